The molecule has 4 aromatic rings. The van der Waals surface area contributed by atoms with Gasteiger partial charge < -0.3 is 0 Å². The largest absolute Gasteiger partial charge is 0.240 e. The SMILES string of the molecule is O=C=Nc1ccc(Cc2ccc(N=C=O)cc2)cc1.O=C=Nc1ccc(Cc2ccccc2N=C=O)cc1. The molecule has 4 rings (SSSR count). The number of nitrogens with zero attached hydrogens (tertiary/aromatic N) is 4. The van der Waals surface area contributed by atoms with Crippen molar-refractivity contribution in [2.24, 2.45) is 20.0 Å². The zero-order chi connectivity index (χ0) is 27.0. The normalized spacial score (nSPS) is 9.26. The van der Waals surface area contributed by atoms with E-state index in [-0.39, 0.29) is 0 Å². The van der Waals surface area contributed by atoms with Crippen LogP contribution in [0.3, 0.4) is 0 Å². The van der Waals surface area contributed by atoms with Crippen molar-refractivity contribution in [1.82, 2.24) is 0 Å². The highest BCUT2D eigenvalue weighted by Crippen LogP contribution is 2.23. The van der Waals surface area contributed by atoms with E-state index >= 15 is 0 Å². The fourth-order valence-corrected chi connectivity index (χ4v) is 3.50. The molecule has 0 radical (unpaired) electrons. The standard InChI is InChI=1S/2C15H10N2O2/c18-10-16-14-5-1-12(2-6-14)9-13-3-7-15(8-4-13)17-11-19;18-10-16-14-7-5-12(6-8-14)9-13-3-1-2-4-15(13)17-11-19/h2*1-8H,9H2. The van der Waals surface area contributed by atoms with Crippen molar-refractivity contribution >= 4 is 47.1 Å². The van der Waals surface area contributed by atoms with Crippen LogP contribution in [0.5, 0.6) is 0 Å². The van der Waals surface area contributed by atoms with Gasteiger partial charge in [-0.2, -0.15) is 20.0 Å². The summed E-state index contributed by atoms with van der Waals surface area (Å²) in [6, 6.07) is 29.3. The van der Waals surface area contributed by atoms with E-state index in [1.807, 2.05) is 54.6 Å². The van der Waals surface area contributed by atoms with E-state index in [4.69, 9.17) is 0 Å². The molecule has 0 N–H and O–H groups in total. The fraction of sp³-hybridized carbons (Fsp3) is 0.0667. The van der Waals surface area contributed by atoms with Crippen molar-refractivity contribution in [2.75, 3.05) is 0 Å². The van der Waals surface area contributed by atoms with Crippen molar-refractivity contribution in [1.29, 1.82) is 0 Å². The molecule has 0 bridgehead atoms. The van der Waals surface area contributed by atoms with Crippen LogP contribution in [-0.4, -0.2) is 24.3 Å². The molecular weight excluding hydrogens is 480 g/mol. The van der Waals surface area contributed by atoms with E-state index in [2.05, 4.69) is 20.0 Å². The predicted octanol–water partition coefficient (Wildman–Crippen LogP) is 6.42. The maximum absolute atomic E-state index is 10.4. The van der Waals surface area contributed by atoms with Gasteiger partial charge in [0, 0.05) is 0 Å². The number of hydrogen-bond donors (Lipinski definition) is 0. The van der Waals surface area contributed by atoms with E-state index in [0.29, 0.717) is 29.2 Å². The summed E-state index contributed by atoms with van der Waals surface area (Å²) in [6.07, 6.45) is 7.46. The summed E-state index contributed by atoms with van der Waals surface area (Å²) in [4.78, 5) is 55.0. The average Bonchev–Trinajstić information content (AvgIpc) is 2.94. The minimum atomic E-state index is 0.568. The summed E-state index contributed by atoms with van der Waals surface area (Å²) in [6.45, 7) is 0. The zero-order valence-corrected chi connectivity index (χ0v) is 20.1. The molecule has 0 saturated carbocycles. The number of benzene rings is 4. The van der Waals surface area contributed by atoms with Gasteiger partial charge >= 0.3 is 0 Å². The summed E-state index contributed by atoms with van der Waals surface area (Å²) in [5, 5.41) is 0. The lowest BCUT2D eigenvalue weighted by Crippen LogP contribution is -1.88. The topological polar surface area (TPSA) is 118 Å². The monoisotopic (exact) mass is 500 g/mol. The maximum atomic E-state index is 10.4. The first-order valence-electron chi connectivity index (χ1n) is 11.3. The van der Waals surface area contributed by atoms with E-state index in [1.54, 1.807) is 48.5 Å². The van der Waals surface area contributed by atoms with Crippen molar-refractivity contribution < 1.29 is 19.2 Å². The average molecular weight is 501 g/mol. The summed E-state index contributed by atoms with van der Waals surface area (Å²) in [5.74, 6) is 0. The number of para-hydroxylation sites is 1. The molecule has 4 aromatic carbocycles. The summed E-state index contributed by atoms with van der Waals surface area (Å²) < 4.78 is 0. The number of hydrogen-bond acceptors (Lipinski definition) is 8. The second-order valence-electron chi connectivity index (χ2n) is 7.79. The molecule has 0 spiro atoms. The second kappa shape index (κ2) is 14.7. The molecule has 184 valence electrons. The Morgan fingerprint density at radius 2 is 0.789 bits per heavy atom. The molecule has 0 aliphatic carbocycles. The second-order valence-corrected chi connectivity index (χ2v) is 7.79. The minimum absolute atomic E-state index is 0.568. The van der Waals surface area contributed by atoms with Crippen molar-refractivity contribution in [3.05, 3.63) is 119 Å². The minimum Gasteiger partial charge on any atom is -0.211 e. The first-order chi connectivity index (χ1) is 18.6. The van der Waals surface area contributed by atoms with Crippen molar-refractivity contribution in [3.63, 3.8) is 0 Å². The molecule has 0 aliphatic rings. The highest BCUT2D eigenvalue weighted by molar-refractivity contribution is 5.56. The Bertz CT molecular complexity index is 1490. The quantitative estimate of drug-likeness (QED) is 0.205. The molecule has 0 aliphatic heterocycles. The van der Waals surface area contributed by atoms with Crippen molar-refractivity contribution in [2.45, 2.75) is 12.8 Å². The molecule has 38 heavy (non-hydrogen) atoms. The van der Waals surface area contributed by atoms with Gasteiger partial charge in [-0.15, -0.1) is 0 Å². The van der Waals surface area contributed by atoms with Crippen LogP contribution in [0.4, 0.5) is 22.7 Å². The fourth-order valence-electron chi connectivity index (χ4n) is 3.50. The highest BCUT2D eigenvalue weighted by Gasteiger charge is 2.02. The Kier molecular flexibility index (Phi) is 10.5. The molecule has 0 aromatic heterocycles. The van der Waals surface area contributed by atoms with E-state index < -0.39 is 0 Å². The molecule has 8 heteroatoms. The number of isocyanates is 4. The molecule has 0 heterocycles. The molecule has 0 amide bonds. The lowest BCUT2D eigenvalue weighted by Gasteiger charge is -2.04. The first kappa shape index (κ1) is 27.0. The van der Waals surface area contributed by atoms with Crippen LogP contribution >= 0.6 is 0 Å². The third kappa shape index (κ3) is 8.56. The Labute approximate surface area is 218 Å². The zero-order valence-electron chi connectivity index (χ0n) is 20.1. The molecule has 0 atom stereocenters. The van der Waals surface area contributed by atoms with Gasteiger partial charge in [-0.1, -0.05) is 54.6 Å². The Morgan fingerprint density at radius 1 is 0.421 bits per heavy atom. The maximum Gasteiger partial charge on any atom is 0.240 e. The van der Waals surface area contributed by atoms with Gasteiger partial charge in [-0.25, -0.2) is 19.2 Å². The molecule has 8 nitrogen and oxygen atoms in total. The summed E-state index contributed by atoms with van der Waals surface area (Å²) in [5.41, 5.74) is 6.57. The molecular formula is C30H20N4O4. The number of rotatable bonds is 8. The third-order valence-electron chi connectivity index (χ3n) is 5.29. The van der Waals surface area contributed by atoms with Crippen LogP contribution in [0.2, 0.25) is 0 Å². The van der Waals surface area contributed by atoms with E-state index in [9.17, 15) is 19.2 Å². The Hall–Kier alpha value is -5.60. The summed E-state index contributed by atoms with van der Waals surface area (Å²) >= 11 is 0. The van der Waals surface area contributed by atoms with Gasteiger partial charge in [0.15, 0.2) is 0 Å². The van der Waals surface area contributed by atoms with Gasteiger partial charge in [-0.3, -0.25) is 0 Å². The lowest BCUT2D eigenvalue weighted by atomic mass is 10.0. The van der Waals surface area contributed by atoms with Gasteiger partial charge in [0.1, 0.15) is 0 Å². The van der Waals surface area contributed by atoms with E-state index in [1.165, 1.54) is 18.2 Å². The highest BCUT2D eigenvalue weighted by atomic mass is 16.1. The lowest BCUT2D eigenvalue weighted by molar-refractivity contribution is 0.564. The van der Waals surface area contributed by atoms with Crippen molar-refractivity contribution in [3.8, 4) is 0 Å². The van der Waals surface area contributed by atoms with Crippen LogP contribution in [0.25, 0.3) is 0 Å². The van der Waals surface area contributed by atoms with Crippen LogP contribution in [0, 0.1) is 0 Å². The summed E-state index contributed by atoms with van der Waals surface area (Å²) in [7, 11) is 0. The predicted molar refractivity (Wildman–Crippen MR) is 143 cm³/mol. The van der Waals surface area contributed by atoms with Crippen LogP contribution in [0.15, 0.2) is 117 Å². The Balaban J connectivity index is 0.000000211. The van der Waals surface area contributed by atoms with Crippen LogP contribution in [-0.2, 0) is 32.0 Å². The van der Waals surface area contributed by atoms with Crippen LogP contribution < -0.4 is 0 Å². The van der Waals surface area contributed by atoms with Gasteiger partial charge in [0.2, 0.25) is 24.3 Å². The smallest absolute Gasteiger partial charge is 0.211 e. The van der Waals surface area contributed by atoms with Gasteiger partial charge in [-0.05, 0) is 77.6 Å². The Morgan fingerprint density at radius 3 is 1.18 bits per heavy atom. The van der Waals surface area contributed by atoms with Gasteiger partial charge in [0.05, 0.1) is 22.7 Å². The third-order valence-corrected chi connectivity index (χ3v) is 5.29. The van der Waals surface area contributed by atoms with Crippen LogP contribution in [0.1, 0.15) is 22.3 Å². The molecule has 0 saturated heterocycles. The number of aliphatic imine (C=N–C) groups is 4. The first-order valence-corrected chi connectivity index (χ1v) is 11.3. The van der Waals surface area contributed by atoms with Gasteiger partial charge in [0.25, 0.3) is 0 Å². The molecule has 0 unspecified atom stereocenters. The number of carbonyl (C=O) groups excluding carboxylic acids is 4. The van der Waals surface area contributed by atoms with E-state index in [0.717, 1.165) is 28.7 Å². The molecule has 0 fully saturated rings.